The molecule has 0 bridgehead atoms. The molecule has 1 aromatic rings. The van der Waals surface area contributed by atoms with E-state index >= 15 is 0 Å². The lowest BCUT2D eigenvalue weighted by molar-refractivity contribution is -0.146. The first kappa shape index (κ1) is 19.8. The highest BCUT2D eigenvalue weighted by Crippen LogP contribution is 2.28. The molecule has 0 aliphatic rings. The van der Waals surface area contributed by atoms with E-state index in [1.54, 1.807) is 36.9 Å². The first-order valence-electron chi connectivity index (χ1n) is 7.79. The Morgan fingerprint density at radius 3 is 2.17 bits per heavy atom. The van der Waals surface area contributed by atoms with E-state index in [0.29, 0.717) is 28.8 Å². The van der Waals surface area contributed by atoms with Gasteiger partial charge in [0.1, 0.15) is 5.41 Å². The van der Waals surface area contributed by atoms with Gasteiger partial charge in [0.2, 0.25) is 11.8 Å². The quantitative estimate of drug-likeness (QED) is 0.723. The van der Waals surface area contributed by atoms with Crippen LogP contribution in [0.4, 0.5) is 5.69 Å². The van der Waals surface area contributed by atoms with Crippen LogP contribution in [0.15, 0.2) is 18.2 Å². The summed E-state index contributed by atoms with van der Waals surface area (Å²) in [4.78, 5) is 27.0. The molecule has 4 nitrogen and oxygen atoms in total. The Kier molecular flexibility index (Phi) is 7.36. The van der Waals surface area contributed by atoms with Gasteiger partial charge in [-0.05, 0) is 44.9 Å². The summed E-state index contributed by atoms with van der Waals surface area (Å²) in [6.45, 7) is 8.57. The standard InChI is InChI=1S/C17H24Cl2N2O2/c1-5-9-21(10-6-2)16(23)17(3,4)15(22)20-14-8-7-12(18)11-13(14)19/h7-8,11H,5-6,9-10H2,1-4H3,(H,20,22). The molecule has 2 amide bonds. The van der Waals surface area contributed by atoms with Crippen LogP contribution in [-0.2, 0) is 9.59 Å². The number of rotatable bonds is 7. The number of halogens is 2. The Bertz CT molecular complexity index is 568. The van der Waals surface area contributed by atoms with E-state index in [2.05, 4.69) is 5.32 Å². The van der Waals surface area contributed by atoms with Crippen LogP contribution in [0.2, 0.25) is 10.0 Å². The fourth-order valence-corrected chi connectivity index (χ4v) is 2.67. The average Bonchev–Trinajstić information content (AvgIpc) is 2.48. The summed E-state index contributed by atoms with van der Waals surface area (Å²) < 4.78 is 0. The second-order valence-electron chi connectivity index (χ2n) is 6.00. The van der Waals surface area contributed by atoms with Crippen molar-refractivity contribution in [3.63, 3.8) is 0 Å². The largest absolute Gasteiger partial charge is 0.342 e. The highest BCUT2D eigenvalue weighted by atomic mass is 35.5. The molecule has 1 aromatic carbocycles. The van der Waals surface area contributed by atoms with Crippen LogP contribution in [0, 0.1) is 5.41 Å². The van der Waals surface area contributed by atoms with Gasteiger partial charge >= 0.3 is 0 Å². The van der Waals surface area contributed by atoms with Crippen molar-refractivity contribution in [2.45, 2.75) is 40.5 Å². The first-order chi connectivity index (χ1) is 10.7. The number of nitrogens with zero attached hydrogens (tertiary/aromatic N) is 1. The van der Waals surface area contributed by atoms with Gasteiger partial charge in [-0.15, -0.1) is 0 Å². The highest BCUT2D eigenvalue weighted by Gasteiger charge is 2.39. The first-order valence-corrected chi connectivity index (χ1v) is 8.55. The molecule has 0 aliphatic carbocycles. The minimum Gasteiger partial charge on any atom is -0.342 e. The number of hydrogen-bond donors (Lipinski definition) is 1. The molecule has 0 saturated carbocycles. The lowest BCUT2D eigenvalue weighted by Gasteiger charge is -2.31. The molecule has 0 spiro atoms. The van der Waals surface area contributed by atoms with E-state index in [4.69, 9.17) is 23.2 Å². The molecule has 0 aliphatic heterocycles. The van der Waals surface area contributed by atoms with E-state index in [-0.39, 0.29) is 11.8 Å². The molecule has 0 aromatic heterocycles. The molecule has 0 atom stereocenters. The van der Waals surface area contributed by atoms with Gasteiger partial charge in [-0.3, -0.25) is 9.59 Å². The van der Waals surface area contributed by atoms with Crippen LogP contribution in [0.1, 0.15) is 40.5 Å². The zero-order valence-electron chi connectivity index (χ0n) is 14.1. The predicted molar refractivity (Wildman–Crippen MR) is 96.0 cm³/mol. The number of amides is 2. The average molecular weight is 359 g/mol. The van der Waals surface area contributed by atoms with Gasteiger partial charge in [-0.25, -0.2) is 0 Å². The summed E-state index contributed by atoms with van der Waals surface area (Å²) in [6, 6.07) is 4.81. The van der Waals surface area contributed by atoms with E-state index in [0.717, 1.165) is 12.8 Å². The van der Waals surface area contributed by atoms with Crippen molar-refractivity contribution in [2.24, 2.45) is 5.41 Å². The smallest absolute Gasteiger partial charge is 0.239 e. The van der Waals surface area contributed by atoms with Crippen molar-refractivity contribution in [2.75, 3.05) is 18.4 Å². The Morgan fingerprint density at radius 2 is 1.70 bits per heavy atom. The predicted octanol–water partition coefficient (Wildman–Crippen LogP) is 4.61. The summed E-state index contributed by atoms with van der Waals surface area (Å²) in [5.41, 5.74) is -0.729. The zero-order chi connectivity index (χ0) is 17.6. The van der Waals surface area contributed by atoms with Gasteiger partial charge in [-0.1, -0.05) is 37.0 Å². The summed E-state index contributed by atoms with van der Waals surface area (Å²) in [6.07, 6.45) is 1.71. The van der Waals surface area contributed by atoms with Crippen molar-refractivity contribution in [1.29, 1.82) is 0 Å². The molecule has 0 unspecified atom stereocenters. The van der Waals surface area contributed by atoms with Gasteiger partial charge < -0.3 is 10.2 Å². The van der Waals surface area contributed by atoms with Crippen LogP contribution >= 0.6 is 23.2 Å². The molecule has 1 N–H and O–H groups in total. The highest BCUT2D eigenvalue weighted by molar-refractivity contribution is 6.36. The van der Waals surface area contributed by atoms with Crippen molar-refractivity contribution in [3.05, 3.63) is 28.2 Å². The normalized spacial score (nSPS) is 11.2. The third-order valence-corrected chi connectivity index (χ3v) is 4.10. The van der Waals surface area contributed by atoms with Gasteiger partial charge in [0.05, 0.1) is 10.7 Å². The minimum atomic E-state index is -1.17. The Morgan fingerprint density at radius 1 is 1.13 bits per heavy atom. The second kappa shape index (κ2) is 8.55. The third kappa shape index (κ3) is 5.11. The minimum absolute atomic E-state index is 0.177. The van der Waals surface area contributed by atoms with Crippen LogP contribution in [0.3, 0.4) is 0 Å². The van der Waals surface area contributed by atoms with Gasteiger partial charge in [0.25, 0.3) is 0 Å². The van der Waals surface area contributed by atoms with Crippen LogP contribution in [-0.4, -0.2) is 29.8 Å². The van der Waals surface area contributed by atoms with Crippen molar-refractivity contribution in [3.8, 4) is 0 Å². The van der Waals surface area contributed by atoms with Crippen molar-refractivity contribution < 1.29 is 9.59 Å². The van der Waals surface area contributed by atoms with Gasteiger partial charge in [-0.2, -0.15) is 0 Å². The molecule has 0 saturated heterocycles. The second-order valence-corrected chi connectivity index (χ2v) is 6.84. The molecular weight excluding hydrogens is 335 g/mol. The molecule has 0 radical (unpaired) electrons. The van der Waals surface area contributed by atoms with Gasteiger partial charge in [0, 0.05) is 18.1 Å². The molecule has 1 rings (SSSR count). The monoisotopic (exact) mass is 358 g/mol. The van der Waals surface area contributed by atoms with Crippen molar-refractivity contribution >= 4 is 40.7 Å². The number of nitrogens with one attached hydrogen (secondary N) is 1. The van der Waals surface area contributed by atoms with Gasteiger partial charge in [0.15, 0.2) is 0 Å². The summed E-state index contributed by atoms with van der Waals surface area (Å²) >= 11 is 11.9. The summed E-state index contributed by atoms with van der Waals surface area (Å²) in [7, 11) is 0. The van der Waals surface area contributed by atoms with E-state index < -0.39 is 5.41 Å². The van der Waals surface area contributed by atoms with Crippen LogP contribution < -0.4 is 5.32 Å². The maximum absolute atomic E-state index is 12.7. The van der Waals surface area contributed by atoms with Crippen molar-refractivity contribution in [1.82, 2.24) is 4.90 Å². The lowest BCUT2D eigenvalue weighted by Crippen LogP contribution is -2.47. The third-order valence-electron chi connectivity index (χ3n) is 3.56. The summed E-state index contributed by atoms with van der Waals surface area (Å²) in [5.74, 6) is -0.562. The molecule has 0 heterocycles. The fourth-order valence-electron chi connectivity index (χ4n) is 2.22. The molecule has 128 valence electrons. The Labute approximate surface area is 148 Å². The molecule has 0 fully saturated rings. The number of benzene rings is 1. The SMILES string of the molecule is CCCN(CCC)C(=O)C(C)(C)C(=O)Nc1ccc(Cl)cc1Cl. The molecule has 23 heavy (non-hydrogen) atoms. The van der Waals surface area contributed by atoms with E-state index in [9.17, 15) is 9.59 Å². The number of carbonyl (C=O) groups excluding carboxylic acids is 2. The number of hydrogen-bond acceptors (Lipinski definition) is 2. The number of anilines is 1. The van der Waals surface area contributed by atoms with Crippen LogP contribution in [0.25, 0.3) is 0 Å². The van der Waals surface area contributed by atoms with E-state index in [1.807, 2.05) is 13.8 Å². The lowest BCUT2D eigenvalue weighted by atomic mass is 9.90. The number of carbonyl (C=O) groups is 2. The zero-order valence-corrected chi connectivity index (χ0v) is 15.6. The maximum atomic E-state index is 12.7. The Balaban J connectivity index is 2.92. The van der Waals surface area contributed by atoms with Crippen LogP contribution in [0.5, 0.6) is 0 Å². The molecular formula is C17H24Cl2N2O2. The maximum Gasteiger partial charge on any atom is 0.239 e. The van der Waals surface area contributed by atoms with E-state index in [1.165, 1.54) is 0 Å². The molecule has 6 heteroatoms. The summed E-state index contributed by atoms with van der Waals surface area (Å²) in [5, 5.41) is 3.55. The fraction of sp³-hybridized carbons (Fsp3) is 0.529. The topological polar surface area (TPSA) is 49.4 Å². The Hall–Kier alpha value is -1.26.